The highest BCUT2D eigenvalue weighted by Crippen LogP contribution is 2.56. The van der Waals surface area contributed by atoms with E-state index in [9.17, 15) is 14.7 Å². The minimum atomic E-state index is -1.16. The van der Waals surface area contributed by atoms with Gasteiger partial charge >= 0.3 is 0 Å². The summed E-state index contributed by atoms with van der Waals surface area (Å²) in [5, 5.41) is 14.6. The predicted octanol–water partition coefficient (Wildman–Crippen LogP) is 3.61. The summed E-state index contributed by atoms with van der Waals surface area (Å²) in [6.07, 6.45) is -0.739. The van der Waals surface area contributed by atoms with Gasteiger partial charge in [-0.2, -0.15) is 0 Å². The Morgan fingerprint density at radius 2 is 1.89 bits per heavy atom. The number of fused-ring (bicyclic) bond motifs is 3. The van der Waals surface area contributed by atoms with Crippen molar-refractivity contribution in [3.05, 3.63) is 63.3 Å². The normalized spacial score (nSPS) is 25.2. The topological polar surface area (TPSA) is 78.9 Å². The molecule has 1 amide bonds. The summed E-state index contributed by atoms with van der Waals surface area (Å²) in [4.78, 5) is 27.8. The second kappa shape index (κ2) is 5.65. The smallest absolute Gasteiger partial charge is 0.295 e. The molecular weight excluding hydrogens is 403 g/mol. The fourth-order valence-corrected chi connectivity index (χ4v) is 4.63. The minimum absolute atomic E-state index is 0.0153. The largest absolute Gasteiger partial charge is 0.506 e. The third kappa shape index (κ3) is 2.04. The van der Waals surface area contributed by atoms with Crippen LogP contribution in [0, 0.1) is 0 Å². The molecule has 1 spiro atoms. The molecular formula is C20H14Cl2N2O4. The number of hydrogen-bond donors (Lipinski definition) is 2. The Labute approximate surface area is 170 Å². The number of anilines is 2. The van der Waals surface area contributed by atoms with Crippen LogP contribution in [0.4, 0.5) is 11.4 Å². The summed E-state index contributed by atoms with van der Waals surface area (Å²) in [5.41, 5.74) is 0.767. The first-order valence-electron chi connectivity index (χ1n) is 8.67. The van der Waals surface area contributed by atoms with E-state index in [-0.39, 0.29) is 35.1 Å². The van der Waals surface area contributed by atoms with E-state index in [4.69, 9.17) is 27.9 Å². The third-order valence-corrected chi connectivity index (χ3v) is 5.94. The fourth-order valence-electron chi connectivity index (χ4n) is 4.30. The van der Waals surface area contributed by atoms with Crippen molar-refractivity contribution in [2.45, 2.75) is 18.6 Å². The Morgan fingerprint density at radius 1 is 1.18 bits per heavy atom. The second-order valence-electron chi connectivity index (χ2n) is 7.01. The molecule has 142 valence electrons. The van der Waals surface area contributed by atoms with Crippen LogP contribution in [0.1, 0.15) is 12.5 Å². The zero-order valence-corrected chi connectivity index (χ0v) is 16.1. The Balaban J connectivity index is 1.81. The Morgan fingerprint density at radius 3 is 2.68 bits per heavy atom. The number of phenols is 1. The van der Waals surface area contributed by atoms with Crippen LogP contribution < -0.4 is 10.2 Å². The number of phenolic OH excluding ortho intramolecular Hbond substituents is 1. The van der Waals surface area contributed by atoms with Gasteiger partial charge in [0.05, 0.1) is 11.3 Å². The van der Waals surface area contributed by atoms with Crippen LogP contribution in [0.3, 0.4) is 0 Å². The Kier molecular flexibility index (Phi) is 3.51. The van der Waals surface area contributed by atoms with Crippen molar-refractivity contribution in [2.75, 3.05) is 16.8 Å². The van der Waals surface area contributed by atoms with Crippen molar-refractivity contribution in [2.24, 2.45) is 0 Å². The lowest BCUT2D eigenvalue weighted by Gasteiger charge is -2.37. The minimum Gasteiger partial charge on any atom is -0.506 e. The molecule has 2 aromatic carbocycles. The van der Waals surface area contributed by atoms with Crippen LogP contribution in [-0.4, -0.2) is 29.4 Å². The number of aromatic hydroxyl groups is 1. The van der Waals surface area contributed by atoms with Gasteiger partial charge in [-0.15, -0.1) is 0 Å². The van der Waals surface area contributed by atoms with Crippen molar-refractivity contribution >= 4 is 46.3 Å². The van der Waals surface area contributed by atoms with E-state index in [0.717, 1.165) is 0 Å². The number of ketones is 1. The number of carbonyl (C=O) groups is 2. The first-order chi connectivity index (χ1) is 13.3. The van der Waals surface area contributed by atoms with Crippen LogP contribution in [-0.2, 0) is 19.9 Å². The monoisotopic (exact) mass is 416 g/mol. The summed E-state index contributed by atoms with van der Waals surface area (Å²) >= 11 is 12.3. The van der Waals surface area contributed by atoms with Gasteiger partial charge in [-0.1, -0.05) is 29.3 Å². The van der Waals surface area contributed by atoms with E-state index < -0.39 is 17.6 Å². The molecule has 0 aliphatic carbocycles. The van der Waals surface area contributed by atoms with E-state index in [1.165, 1.54) is 23.1 Å². The summed E-state index contributed by atoms with van der Waals surface area (Å²) in [7, 11) is 0. The van der Waals surface area contributed by atoms with Crippen molar-refractivity contribution in [1.29, 1.82) is 0 Å². The van der Waals surface area contributed by atoms with Gasteiger partial charge in [0.15, 0.2) is 11.9 Å². The molecule has 2 aromatic rings. The quantitative estimate of drug-likeness (QED) is 0.742. The van der Waals surface area contributed by atoms with Gasteiger partial charge < -0.3 is 15.2 Å². The molecule has 6 nitrogen and oxygen atoms in total. The number of carbonyl (C=O) groups excluding carboxylic acids is 2. The molecule has 3 aliphatic heterocycles. The van der Waals surface area contributed by atoms with Crippen LogP contribution in [0.15, 0.2) is 47.7 Å². The summed E-state index contributed by atoms with van der Waals surface area (Å²) in [5.74, 6) is -0.852. The van der Waals surface area contributed by atoms with Crippen LogP contribution >= 0.6 is 23.2 Å². The predicted molar refractivity (Wildman–Crippen MR) is 105 cm³/mol. The highest BCUT2D eigenvalue weighted by molar-refractivity contribution is 6.31. The number of nitrogens with one attached hydrogen (secondary N) is 1. The number of ether oxygens (including phenoxy) is 1. The number of hydrogen-bond acceptors (Lipinski definition) is 5. The summed E-state index contributed by atoms with van der Waals surface area (Å²) < 4.78 is 5.63. The maximum absolute atomic E-state index is 13.4. The number of halogens is 2. The Bertz CT molecular complexity index is 1110. The lowest BCUT2D eigenvalue weighted by molar-refractivity contribution is -0.124. The molecule has 0 saturated carbocycles. The number of rotatable bonds is 1. The average Bonchev–Trinajstić information content (AvgIpc) is 3.24. The van der Waals surface area contributed by atoms with Gasteiger partial charge in [0.2, 0.25) is 5.78 Å². The maximum Gasteiger partial charge on any atom is 0.295 e. The molecule has 5 rings (SSSR count). The molecule has 8 heteroatoms. The number of nitrogens with zero attached hydrogens (tertiary/aromatic N) is 1. The summed E-state index contributed by atoms with van der Waals surface area (Å²) in [6, 6.07) is 9.68. The van der Waals surface area contributed by atoms with E-state index in [1.807, 2.05) is 0 Å². The molecule has 0 radical (unpaired) electrons. The molecule has 2 N–H and O–H groups in total. The fraction of sp³-hybridized carbons (Fsp3) is 0.200. The SMILES string of the molecule is CC1OC2=C(C1=O)C1(CNc3cc(Cl)ccc31)N(c1cc(Cl)ccc1O)C2=O. The molecule has 2 unspecified atom stereocenters. The van der Waals surface area contributed by atoms with Gasteiger partial charge in [-0.3, -0.25) is 14.5 Å². The third-order valence-electron chi connectivity index (χ3n) is 5.47. The first kappa shape index (κ1) is 17.4. The van der Waals surface area contributed by atoms with Crippen LogP contribution in [0.5, 0.6) is 5.75 Å². The van der Waals surface area contributed by atoms with Crippen LogP contribution in [0.2, 0.25) is 10.0 Å². The molecule has 28 heavy (non-hydrogen) atoms. The van der Waals surface area contributed by atoms with Crippen molar-refractivity contribution in [1.82, 2.24) is 0 Å². The van der Waals surface area contributed by atoms with Gasteiger partial charge in [0.1, 0.15) is 11.3 Å². The molecule has 2 atom stereocenters. The zero-order chi connectivity index (χ0) is 19.8. The van der Waals surface area contributed by atoms with E-state index in [2.05, 4.69) is 5.32 Å². The number of Topliss-reactive ketones (excluding diaryl/α,β-unsaturated/α-hetero) is 1. The van der Waals surface area contributed by atoms with Gasteiger partial charge in [-0.05, 0) is 37.3 Å². The molecule has 0 aromatic heterocycles. The molecule has 3 aliphatic rings. The molecule has 3 heterocycles. The number of benzene rings is 2. The molecule has 0 bridgehead atoms. The van der Waals surface area contributed by atoms with Crippen molar-refractivity contribution in [3.63, 3.8) is 0 Å². The first-order valence-corrected chi connectivity index (χ1v) is 9.43. The number of amides is 1. The molecule has 0 fully saturated rings. The lowest BCUT2D eigenvalue weighted by atomic mass is 9.81. The van der Waals surface area contributed by atoms with E-state index >= 15 is 0 Å². The van der Waals surface area contributed by atoms with E-state index in [0.29, 0.717) is 21.3 Å². The average molecular weight is 417 g/mol. The standard InChI is InChI=1S/C20H14Cl2N2O4/c1-9-17(26)16-18(28-9)19(27)24(14-7-11(22)3-5-15(14)25)20(16)8-23-13-6-10(21)2-4-12(13)20/h2-7,9,23,25H,8H2,1H3. The lowest BCUT2D eigenvalue weighted by Crippen LogP contribution is -2.50. The van der Waals surface area contributed by atoms with Crippen molar-refractivity contribution < 1.29 is 19.4 Å². The van der Waals surface area contributed by atoms with Gasteiger partial charge in [0, 0.05) is 27.8 Å². The second-order valence-corrected chi connectivity index (χ2v) is 7.88. The zero-order valence-electron chi connectivity index (χ0n) is 14.6. The van der Waals surface area contributed by atoms with Crippen molar-refractivity contribution in [3.8, 4) is 5.75 Å². The van der Waals surface area contributed by atoms with E-state index in [1.54, 1.807) is 25.1 Å². The van der Waals surface area contributed by atoms with Crippen LogP contribution in [0.25, 0.3) is 0 Å². The maximum atomic E-state index is 13.4. The highest BCUT2D eigenvalue weighted by atomic mass is 35.5. The Hall–Kier alpha value is -2.70. The van der Waals surface area contributed by atoms with Gasteiger partial charge in [0.25, 0.3) is 5.91 Å². The highest BCUT2D eigenvalue weighted by Gasteiger charge is 2.63. The summed E-state index contributed by atoms with van der Waals surface area (Å²) in [6.45, 7) is 1.86. The van der Waals surface area contributed by atoms with Gasteiger partial charge in [-0.25, -0.2) is 0 Å². The molecule has 0 saturated heterocycles.